The van der Waals surface area contributed by atoms with Crippen LogP contribution in [0, 0.1) is 11.3 Å². The summed E-state index contributed by atoms with van der Waals surface area (Å²) >= 11 is 0. The van der Waals surface area contributed by atoms with Gasteiger partial charge in [0.1, 0.15) is 11.8 Å². The van der Waals surface area contributed by atoms with Crippen LogP contribution in [-0.2, 0) is 0 Å². The second-order valence-corrected chi connectivity index (χ2v) is 3.89. The first-order valence-electron chi connectivity index (χ1n) is 5.51. The summed E-state index contributed by atoms with van der Waals surface area (Å²) in [6.07, 6.45) is 0. The molecule has 0 saturated carbocycles. The second kappa shape index (κ2) is 5.10. The average molecular weight is 253 g/mol. The normalized spacial score (nSPS) is 9.63. The molecule has 0 spiro atoms. The molecule has 0 fully saturated rings. The molecule has 5 nitrogen and oxygen atoms in total. The third kappa shape index (κ3) is 2.64. The lowest BCUT2D eigenvalue weighted by atomic mass is 10.1. The topological polar surface area (TPSA) is 99.1 Å². The maximum atomic E-state index is 12.0. The molecule has 0 bridgehead atoms. The third-order valence-electron chi connectivity index (χ3n) is 2.56. The minimum absolute atomic E-state index is 0.117. The summed E-state index contributed by atoms with van der Waals surface area (Å²) in [6, 6.07) is 12.7. The largest absolute Gasteiger partial charge is 0.507 e. The van der Waals surface area contributed by atoms with Crippen molar-refractivity contribution < 1.29 is 9.90 Å². The number of phenols is 1. The number of nitrogens with one attached hydrogen (secondary N) is 1. The summed E-state index contributed by atoms with van der Waals surface area (Å²) in [5.41, 5.74) is 6.77. The Balaban J connectivity index is 2.30. The van der Waals surface area contributed by atoms with Gasteiger partial charge in [-0.25, -0.2) is 0 Å². The van der Waals surface area contributed by atoms with Gasteiger partial charge in [-0.2, -0.15) is 5.26 Å². The van der Waals surface area contributed by atoms with Gasteiger partial charge in [0.05, 0.1) is 16.8 Å². The standard InChI is InChI=1S/C14H11N3O2/c15-8-9-7-10(16)5-6-12(9)17-14(19)11-3-1-2-4-13(11)18/h1-7,18H,16H2,(H,17,19). The number of hydrogen-bond donors (Lipinski definition) is 3. The van der Waals surface area contributed by atoms with Gasteiger partial charge >= 0.3 is 0 Å². The van der Waals surface area contributed by atoms with E-state index in [1.165, 1.54) is 18.2 Å². The van der Waals surface area contributed by atoms with Crippen LogP contribution in [0.4, 0.5) is 11.4 Å². The maximum Gasteiger partial charge on any atom is 0.259 e. The Hall–Kier alpha value is -3.00. The molecule has 0 unspecified atom stereocenters. The van der Waals surface area contributed by atoms with Crippen LogP contribution in [0.2, 0.25) is 0 Å². The SMILES string of the molecule is N#Cc1cc(N)ccc1NC(=O)c1ccccc1O. The van der Waals surface area contributed by atoms with Crippen LogP contribution in [0.1, 0.15) is 15.9 Å². The highest BCUT2D eigenvalue weighted by Crippen LogP contribution is 2.21. The van der Waals surface area contributed by atoms with E-state index in [2.05, 4.69) is 5.32 Å². The molecule has 1 amide bonds. The van der Waals surface area contributed by atoms with Crippen LogP contribution in [-0.4, -0.2) is 11.0 Å². The highest BCUT2D eigenvalue weighted by Gasteiger charge is 2.12. The quantitative estimate of drug-likeness (QED) is 0.713. The number of benzene rings is 2. The Morgan fingerprint density at radius 2 is 2.00 bits per heavy atom. The number of rotatable bonds is 2. The first-order chi connectivity index (χ1) is 9.11. The molecule has 4 N–H and O–H groups in total. The highest BCUT2D eigenvalue weighted by atomic mass is 16.3. The van der Waals surface area contributed by atoms with Gasteiger partial charge in [-0.15, -0.1) is 0 Å². The molecule has 0 heterocycles. The van der Waals surface area contributed by atoms with E-state index in [9.17, 15) is 9.90 Å². The molecule has 0 radical (unpaired) electrons. The Morgan fingerprint density at radius 1 is 1.26 bits per heavy atom. The number of amides is 1. The van der Waals surface area contributed by atoms with E-state index in [4.69, 9.17) is 11.0 Å². The van der Waals surface area contributed by atoms with Gasteiger partial charge in [0.25, 0.3) is 5.91 Å². The number of carbonyl (C=O) groups is 1. The number of nitriles is 1. The van der Waals surface area contributed by atoms with Crippen molar-refractivity contribution in [3.05, 3.63) is 53.6 Å². The number of nitrogens with zero attached hydrogens (tertiary/aromatic N) is 1. The minimum Gasteiger partial charge on any atom is -0.507 e. The van der Waals surface area contributed by atoms with Crippen molar-refractivity contribution in [3.8, 4) is 11.8 Å². The minimum atomic E-state index is -0.487. The van der Waals surface area contributed by atoms with Gasteiger partial charge in [-0.05, 0) is 30.3 Å². The second-order valence-electron chi connectivity index (χ2n) is 3.89. The fourth-order valence-electron chi connectivity index (χ4n) is 1.62. The Morgan fingerprint density at radius 3 is 2.68 bits per heavy atom. The zero-order valence-electron chi connectivity index (χ0n) is 9.92. The van der Waals surface area contributed by atoms with Crippen molar-refractivity contribution in [1.29, 1.82) is 5.26 Å². The maximum absolute atomic E-state index is 12.0. The molecule has 0 aromatic heterocycles. The van der Waals surface area contributed by atoms with Gasteiger partial charge in [0, 0.05) is 5.69 Å². The fourth-order valence-corrected chi connectivity index (χ4v) is 1.62. The first-order valence-corrected chi connectivity index (χ1v) is 5.51. The lowest BCUT2D eigenvalue weighted by molar-refractivity contribution is 0.102. The van der Waals surface area contributed by atoms with Crippen LogP contribution >= 0.6 is 0 Å². The monoisotopic (exact) mass is 253 g/mol. The summed E-state index contributed by atoms with van der Waals surface area (Å²) in [4.78, 5) is 12.0. The summed E-state index contributed by atoms with van der Waals surface area (Å²) in [7, 11) is 0. The fraction of sp³-hybridized carbons (Fsp3) is 0. The molecular weight excluding hydrogens is 242 g/mol. The zero-order chi connectivity index (χ0) is 13.8. The average Bonchev–Trinajstić information content (AvgIpc) is 2.41. The Bertz CT molecular complexity index is 675. The van der Waals surface area contributed by atoms with Gasteiger partial charge in [-0.3, -0.25) is 4.79 Å². The van der Waals surface area contributed by atoms with E-state index >= 15 is 0 Å². The number of hydrogen-bond acceptors (Lipinski definition) is 4. The van der Waals surface area contributed by atoms with E-state index in [0.29, 0.717) is 11.4 Å². The van der Waals surface area contributed by atoms with E-state index in [1.807, 2.05) is 6.07 Å². The van der Waals surface area contributed by atoms with Crippen molar-refractivity contribution in [2.75, 3.05) is 11.1 Å². The number of nitrogens with two attached hydrogens (primary N) is 1. The molecule has 0 aliphatic heterocycles. The number of para-hydroxylation sites is 1. The van der Waals surface area contributed by atoms with Crippen LogP contribution < -0.4 is 11.1 Å². The van der Waals surface area contributed by atoms with Crippen LogP contribution in [0.3, 0.4) is 0 Å². The predicted octanol–water partition coefficient (Wildman–Crippen LogP) is 2.10. The molecule has 0 aliphatic carbocycles. The van der Waals surface area contributed by atoms with Crippen molar-refractivity contribution in [2.45, 2.75) is 0 Å². The molecule has 19 heavy (non-hydrogen) atoms. The van der Waals surface area contributed by atoms with Crippen molar-refractivity contribution in [1.82, 2.24) is 0 Å². The smallest absolute Gasteiger partial charge is 0.259 e. The number of anilines is 2. The Kier molecular flexibility index (Phi) is 3.35. The summed E-state index contributed by atoms with van der Waals surface area (Å²) < 4.78 is 0. The Labute approximate surface area is 109 Å². The van der Waals surface area contributed by atoms with Gasteiger partial charge in [0.15, 0.2) is 0 Å². The van der Waals surface area contributed by atoms with E-state index in [1.54, 1.807) is 24.3 Å². The van der Waals surface area contributed by atoms with Crippen molar-refractivity contribution in [2.24, 2.45) is 0 Å². The molecular formula is C14H11N3O2. The molecule has 94 valence electrons. The van der Waals surface area contributed by atoms with Crippen molar-refractivity contribution in [3.63, 3.8) is 0 Å². The molecule has 0 saturated heterocycles. The zero-order valence-corrected chi connectivity index (χ0v) is 9.92. The number of aromatic hydroxyl groups is 1. The van der Waals surface area contributed by atoms with E-state index in [0.717, 1.165) is 0 Å². The van der Waals surface area contributed by atoms with Gasteiger partial charge in [-0.1, -0.05) is 12.1 Å². The molecule has 0 atom stereocenters. The third-order valence-corrected chi connectivity index (χ3v) is 2.56. The van der Waals surface area contributed by atoms with Crippen LogP contribution in [0.15, 0.2) is 42.5 Å². The summed E-state index contributed by atoms with van der Waals surface area (Å²) in [5.74, 6) is -0.603. The summed E-state index contributed by atoms with van der Waals surface area (Å²) in [5, 5.41) is 21.1. The lowest BCUT2D eigenvalue weighted by Gasteiger charge is -2.08. The van der Waals surface area contributed by atoms with Crippen molar-refractivity contribution >= 4 is 17.3 Å². The first kappa shape index (κ1) is 12.5. The van der Waals surface area contributed by atoms with Gasteiger partial charge < -0.3 is 16.2 Å². The molecule has 2 aromatic carbocycles. The molecule has 0 aliphatic rings. The predicted molar refractivity (Wildman–Crippen MR) is 71.6 cm³/mol. The highest BCUT2D eigenvalue weighted by molar-refractivity contribution is 6.06. The molecule has 2 aromatic rings. The number of phenolic OH excluding ortho intramolecular Hbond substituents is 1. The number of nitrogen functional groups attached to an aromatic ring is 1. The van der Waals surface area contributed by atoms with Crippen LogP contribution in [0.5, 0.6) is 5.75 Å². The lowest BCUT2D eigenvalue weighted by Crippen LogP contribution is -2.13. The van der Waals surface area contributed by atoms with Gasteiger partial charge in [0.2, 0.25) is 0 Å². The number of carbonyl (C=O) groups excluding carboxylic acids is 1. The molecule has 2 rings (SSSR count). The summed E-state index contributed by atoms with van der Waals surface area (Å²) in [6.45, 7) is 0. The van der Waals surface area contributed by atoms with Crippen LogP contribution in [0.25, 0.3) is 0 Å². The van der Waals surface area contributed by atoms with E-state index < -0.39 is 5.91 Å². The van der Waals surface area contributed by atoms with E-state index in [-0.39, 0.29) is 16.9 Å². The molecule has 5 heteroatoms.